The Balaban J connectivity index is 1.98. The molecule has 0 aromatic heterocycles. The summed E-state index contributed by atoms with van der Waals surface area (Å²) in [4.78, 5) is 0. The molecule has 0 amide bonds. The molecule has 1 nitrogen and oxygen atoms in total. The van der Waals surface area contributed by atoms with Crippen molar-refractivity contribution >= 4 is 0 Å². The lowest BCUT2D eigenvalue weighted by molar-refractivity contribution is 0.0927. The van der Waals surface area contributed by atoms with Crippen LogP contribution in [0, 0.1) is 23.7 Å². The molecule has 6 atom stereocenters. The van der Waals surface area contributed by atoms with Crippen LogP contribution in [0.5, 0.6) is 0 Å². The Kier molecular flexibility index (Phi) is 0.773. The second kappa shape index (κ2) is 1.40. The zero-order valence-electron chi connectivity index (χ0n) is 5.70. The molecule has 3 fully saturated rings. The van der Waals surface area contributed by atoms with Gasteiger partial charge in [-0.05, 0) is 30.6 Å². The monoisotopic (exact) mass is 142 g/mol. The van der Waals surface area contributed by atoms with Gasteiger partial charge in [-0.15, -0.1) is 0 Å². The third-order valence-electron chi connectivity index (χ3n) is 3.68. The van der Waals surface area contributed by atoms with Crippen LogP contribution in [-0.4, -0.2) is 17.4 Å². The lowest BCUT2D eigenvalue weighted by Gasteiger charge is -2.12. The van der Waals surface area contributed by atoms with Gasteiger partial charge in [0.05, 0.1) is 6.10 Å². The van der Waals surface area contributed by atoms with Gasteiger partial charge in [-0.25, -0.2) is 4.39 Å². The van der Waals surface area contributed by atoms with Crippen molar-refractivity contribution in [2.75, 3.05) is 0 Å². The minimum Gasteiger partial charge on any atom is -0.392 e. The minimum atomic E-state index is -0.677. The van der Waals surface area contributed by atoms with Crippen molar-refractivity contribution in [1.82, 2.24) is 0 Å². The average molecular weight is 142 g/mol. The number of fused-ring (bicyclic) bond motifs is 5. The van der Waals surface area contributed by atoms with E-state index in [1.807, 2.05) is 0 Å². The minimum absolute atomic E-state index is 0.0370. The maximum absolute atomic E-state index is 13.0. The summed E-state index contributed by atoms with van der Waals surface area (Å²) in [6.07, 6.45) is 0.891. The molecule has 0 aliphatic heterocycles. The second-order valence-electron chi connectivity index (χ2n) is 4.05. The Morgan fingerprint density at radius 2 is 1.90 bits per heavy atom. The van der Waals surface area contributed by atoms with Crippen LogP contribution in [0.15, 0.2) is 0 Å². The first-order valence-electron chi connectivity index (χ1n) is 4.11. The molecule has 2 bridgehead atoms. The summed E-state index contributed by atoms with van der Waals surface area (Å²) in [6.45, 7) is 0. The van der Waals surface area contributed by atoms with Crippen LogP contribution in [0.4, 0.5) is 4.39 Å². The number of hydrogen-bond acceptors (Lipinski definition) is 1. The Morgan fingerprint density at radius 3 is 2.40 bits per heavy atom. The molecular weight excluding hydrogens is 131 g/mol. The number of aliphatic hydroxyl groups excluding tert-OH is 1. The van der Waals surface area contributed by atoms with Gasteiger partial charge in [0.2, 0.25) is 0 Å². The first-order chi connectivity index (χ1) is 4.79. The average Bonchev–Trinajstić information content (AvgIpc) is 2.55. The van der Waals surface area contributed by atoms with E-state index in [2.05, 4.69) is 0 Å². The first kappa shape index (κ1) is 5.53. The molecule has 3 rings (SSSR count). The van der Waals surface area contributed by atoms with Gasteiger partial charge in [0.15, 0.2) is 0 Å². The van der Waals surface area contributed by atoms with Crippen LogP contribution in [0.2, 0.25) is 0 Å². The van der Waals surface area contributed by atoms with E-state index in [1.165, 1.54) is 6.42 Å². The van der Waals surface area contributed by atoms with E-state index in [0.29, 0.717) is 24.2 Å². The van der Waals surface area contributed by atoms with E-state index in [0.717, 1.165) is 0 Å². The molecule has 56 valence electrons. The highest BCUT2D eigenvalue weighted by Crippen LogP contribution is 2.66. The molecule has 1 N–H and O–H groups in total. The van der Waals surface area contributed by atoms with Crippen LogP contribution in [0.3, 0.4) is 0 Å². The molecule has 3 aliphatic carbocycles. The van der Waals surface area contributed by atoms with Crippen LogP contribution in [0.25, 0.3) is 0 Å². The Hall–Kier alpha value is -0.110. The van der Waals surface area contributed by atoms with Crippen LogP contribution >= 0.6 is 0 Å². The Bertz CT molecular complexity index is 180. The summed E-state index contributed by atoms with van der Waals surface area (Å²) in [7, 11) is 0. The van der Waals surface area contributed by atoms with Gasteiger partial charge in [-0.1, -0.05) is 0 Å². The van der Waals surface area contributed by atoms with E-state index >= 15 is 0 Å². The molecule has 2 heteroatoms. The fraction of sp³-hybridized carbons (Fsp3) is 1.00. The lowest BCUT2D eigenvalue weighted by Crippen LogP contribution is -2.20. The second-order valence-corrected chi connectivity index (χ2v) is 4.05. The van der Waals surface area contributed by atoms with Crippen LogP contribution < -0.4 is 0 Å². The van der Waals surface area contributed by atoms with Crippen LogP contribution in [0.1, 0.15) is 12.8 Å². The molecular formula is C8H11FO. The number of alkyl halides is 1. The molecule has 3 saturated carbocycles. The number of aliphatic hydroxyl groups is 1. The van der Waals surface area contributed by atoms with Crippen molar-refractivity contribution in [2.45, 2.75) is 25.1 Å². The zero-order valence-corrected chi connectivity index (χ0v) is 5.70. The van der Waals surface area contributed by atoms with Crippen molar-refractivity contribution < 1.29 is 9.50 Å². The SMILES string of the molecule is O[C@@H]1[C@@H]2C[C@H](F)[C@H]1[C@@H]1C[C@@H]12. The summed E-state index contributed by atoms with van der Waals surface area (Å²) in [5, 5.41) is 9.46. The molecule has 0 radical (unpaired) electrons. The predicted octanol–water partition coefficient (Wildman–Crippen LogP) is 0.971. The molecule has 0 aromatic carbocycles. The molecule has 3 aliphatic rings. The third-order valence-corrected chi connectivity index (χ3v) is 3.68. The Labute approximate surface area is 59.2 Å². The molecule has 0 spiro atoms. The molecule has 0 saturated heterocycles. The summed E-state index contributed by atoms with van der Waals surface area (Å²) in [5.41, 5.74) is 0. The highest BCUT2D eigenvalue weighted by Gasteiger charge is 2.66. The van der Waals surface area contributed by atoms with E-state index in [4.69, 9.17) is 0 Å². The fourth-order valence-electron chi connectivity index (χ4n) is 3.18. The Morgan fingerprint density at radius 1 is 1.10 bits per heavy atom. The van der Waals surface area contributed by atoms with Crippen LogP contribution in [-0.2, 0) is 0 Å². The third kappa shape index (κ3) is 0.419. The number of hydrogen-bond donors (Lipinski definition) is 1. The van der Waals surface area contributed by atoms with E-state index in [1.54, 1.807) is 0 Å². The molecule has 0 aromatic rings. The van der Waals surface area contributed by atoms with E-state index in [-0.39, 0.29) is 12.0 Å². The number of rotatable bonds is 0. The predicted molar refractivity (Wildman–Crippen MR) is 34.1 cm³/mol. The molecule has 0 heterocycles. The quantitative estimate of drug-likeness (QED) is 0.534. The van der Waals surface area contributed by atoms with Gasteiger partial charge in [-0.2, -0.15) is 0 Å². The van der Waals surface area contributed by atoms with Crippen molar-refractivity contribution in [1.29, 1.82) is 0 Å². The maximum Gasteiger partial charge on any atom is 0.106 e. The smallest absolute Gasteiger partial charge is 0.106 e. The van der Waals surface area contributed by atoms with Gasteiger partial charge in [0.25, 0.3) is 0 Å². The van der Waals surface area contributed by atoms with E-state index in [9.17, 15) is 9.50 Å². The van der Waals surface area contributed by atoms with Crippen molar-refractivity contribution in [2.24, 2.45) is 23.7 Å². The van der Waals surface area contributed by atoms with Crippen molar-refractivity contribution in [3.63, 3.8) is 0 Å². The summed E-state index contributed by atoms with van der Waals surface area (Å²) in [6, 6.07) is 0. The standard InChI is InChI=1S/C8H11FO/c9-6-2-5-3-1-4(3)7(6)8(5)10/h3-8,10H,1-2H2/t3-,4+,5+,6-,7+,8+/m0/s1. The summed E-state index contributed by atoms with van der Waals surface area (Å²) < 4.78 is 13.0. The van der Waals surface area contributed by atoms with E-state index < -0.39 is 6.17 Å². The highest BCUT2D eigenvalue weighted by molar-refractivity contribution is 5.14. The first-order valence-corrected chi connectivity index (χ1v) is 4.11. The normalized spacial score (nSPS) is 70.2. The van der Waals surface area contributed by atoms with Gasteiger partial charge < -0.3 is 5.11 Å². The fourth-order valence-corrected chi connectivity index (χ4v) is 3.18. The van der Waals surface area contributed by atoms with Gasteiger partial charge in [-0.3, -0.25) is 0 Å². The summed E-state index contributed by atoms with van der Waals surface area (Å²) in [5.74, 6) is 1.66. The lowest BCUT2D eigenvalue weighted by atomic mass is 9.99. The van der Waals surface area contributed by atoms with Crippen molar-refractivity contribution in [3.05, 3.63) is 0 Å². The van der Waals surface area contributed by atoms with Gasteiger partial charge >= 0.3 is 0 Å². The van der Waals surface area contributed by atoms with Crippen molar-refractivity contribution in [3.8, 4) is 0 Å². The van der Waals surface area contributed by atoms with Gasteiger partial charge in [0.1, 0.15) is 6.17 Å². The largest absolute Gasteiger partial charge is 0.392 e. The maximum atomic E-state index is 13.0. The van der Waals surface area contributed by atoms with Gasteiger partial charge in [0, 0.05) is 5.92 Å². The summed E-state index contributed by atoms with van der Waals surface area (Å²) >= 11 is 0. The number of halogens is 1. The zero-order chi connectivity index (χ0) is 6.88. The highest BCUT2D eigenvalue weighted by atomic mass is 19.1. The molecule has 0 unspecified atom stereocenters. The molecule has 10 heavy (non-hydrogen) atoms. The topological polar surface area (TPSA) is 20.2 Å².